The molecule has 0 bridgehead atoms. The molecule has 1 aliphatic rings. The number of carbonyl (C=O) groups excluding carboxylic acids is 1. The summed E-state index contributed by atoms with van der Waals surface area (Å²) in [6.45, 7) is 0.912. The van der Waals surface area contributed by atoms with Gasteiger partial charge in [0.1, 0.15) is 5.56 Å². The number of nitrogens with zero attached hydrogens (tertiary/aromatic N) is 1. The van der Waals surface area contributed by atoms with Gasteiger partial charge in [0.2, 0.25) is 0 Å². The Morgan fingerprint density at radius 1 is 1.24 bits per heavy atom. The number of fused-ring (bicyclic) bond motifs is 1. The molecule has 0 atom stereocenters. The van der Waals surface area contributed by atoms with Crippen LogP contribution in [0.1, 0.15) is 28.8 Å². The molecule has 1 aliphatic carbocycles. The van der Waals surface area contributed by atoms with Gasteiger partial charge in [-0.05, 0) is 35.8 Å². The van der Waals surface area contributed by atoms with Crippen molar-refractivity contribution < 1.29 is 9.90 Å². The summed E-state index contributed by atoms with van der Waals surface area (Å²) in [5, 5.41) is 15.1. The molecule has 2 heterocycles. The quantitative estimate of drug-likeness (QED) is 0.740. The Bertz CT molecular complexity index is 987. The van der Waals surface area contributed by atoms with Gasteiger partial charge in [-0.15, -0.1) is 11.3 Å². The second-order valence-electron chi connectivity index (χ2n) is 6.39. The van der Waals surface area contributed by atoms with E-state index in [0.717, 1.165) is 18.4 Å². The summed E-state index contributed by atoms with van der Waals surface area (Å²) in [7, 11) is 0. The minimum absolute atomic E-state index is 0.161. The van der Waals surface area contributed by atoms with Gasteiger partial charge < -0.3 is 15.0 Å². The lowest BCUT2D eigenvalue weighted by atomic mass is 10.1. The standard InChI is InChI=1S/C19H18N2O3S/c22-16-15(18(23)20-10-12-6-7-12)19(24)21(14-8-9-25-17(14)16)11-13-4-2-1-3-5-13/h1-5,8-9,12,22H,6-7,10-11H2,(H,20,23). The van der Waals surface area contributed by atoms with Crippen LogP contribution in [0.4, 0.5) is 0 Å². The predicted molar refractivity (Wildman–Crippen MR) is 98.4 cm³/mol. The Kier molecular flexibility index (Phi) is 4.05. The first kappa shape index (κ1) is 15.9. The molecule has 25 heavy (non-hydrogen) atoms. The fourth-order valence-electron chi connectivity index (χ4n) is 2.93. The molecule has 0 saturated heterocycles. The van der Waals surface area contributed by atoms with Crippen LogP contribution in [0, 0.1) is 5.92 Å². The molecule has 1 aromatic carbocycles. The van der Waals surface area contributed by atoms with Crippen LogP contribution < -0.4 is 10.9 Å². The lowest BCUT2D eigenvalue weighted by Gasteiger charge is -2.13. The molecule has 6 heteroatoms. The molecule has 128 valence electrons. The molecular weight excluding hydrogens is 336 g/mol. The highest BCUT2D eigenvalue weighted by molar-refractivity contribution is 7.17. The summed E-state index contributed by atoms with van der Waals surface area (Å²) in [6.07, 6.45) is 2.21. The van der Waals surface area contributed by atoms with Gasteiger partial charge in [0, 0.05) is 6.54 Å². The number of aromatic nitrogens is 1. The first-order chi connectivity index (χ1) is 12.1. The van der Waals surface area contributed by atoms with Crippen molar-refractivity contribution in [1.29, 1.82) is 0 Å². The van der Waals surface area contributed by atoms with Crippen LogP contribution in [-0.4, -0.2) is 22.1 Å². The lowest BCUT2D eigenvalue weighted by molar-refractivity contribution is 0.0947. The van der Waals surface area contributed by atoms with Crippen LogP contribution in [0.2, 0.25) is 0 Å². The number of carbonyl (C=O) groups is 1. The number of pyridine rings is 1. The van der Waals surface area contributed by atoms with Crippen LogP contribution in [0.3, 0.4) is 0 Å². The molecule has 0 unspecified atom stereocenters. The molecule has 1 amide bonds. The number of hydrogen-bond acceptors (Lipinski definition) is 4. The van der Waals surface area contributed by atoms with Crippen LogP contribution in [-0.2, 0) is 6.54 Å². The Balaban J connectivity index is 1.79. The number of amides is 1. The average molecular weight is 354 g/mol. The SMILES string of the molecule is O=C(NCC1CC1)c1c(O)c2sccc2n(Cc2ccccc2)c1=O. The van der Waals surface area contributed by atoms with Gasteiger partial charge in [-0.25, -0.2) is 0 Å². The van der Waals surface area contributed by atoms with Gasteiger partial charge in [0.25, 0.3) is 11.5 Å². The molecule has 4 rings (SSSR count). The minimum atomic E-state index is -0.494. The third kappa shape index (κ3) is 3.05. The number of hydrogen-bond donors (Lipinski definition) is 2. The Morgan fingerprint density at radius 2 is 2.00 bits per heavy atom. The molecule has 0 radical (unpaired) electrons. The number of rotatable bonds is 5. The van der Waals surface area contributed by atoms with Gasteiger partial charge in [-0.3, -0.25) is 9.59 Å². The van der Waals surface area contributed by atoms with E-state index in [0.29, 0.717) is 29.2 Å². The van der Waals surface area contributed by atoms with E-state index < -0.39 is 11.5 Å². The monoisotopic (exact) mass is 354 g/mol. The molecule has 5 nitrogen and oxygen atoms in total. The van der Waals surface area contributed by atoms with Gasteiger partial charge in [-0.1, -0.05) is 30.3 Å². The van der Waals surface area contributed by atoms with Crippen LogP contribution >= 0.6 is 11.3 Å². The van der Waals surface area contributed by atoms with E-state index in [1.54, 1.807) is 10.6 Å². The Labute approximate surface area is 148 Å². The molecule has 2 N–H and O–H groups in total. The maximum absolute atomic E-state index is 13.0. The van der Waals surface area contributed by atoms with E-state index in [9.17, 15) is 14.7 Å². The molecule has 2 aromatic heterocycles. The van der Waals surface area contributed by atoms with Gasteiger partial charge in [0.05, 0.1) is 16.8 Å². The van der Waals surface area contributed by atoms with Crippen LogP contribution in [0.5, 0.6) is 5.75 Å². The third-order valence-electron chi connectivity index (χ3n) is 4.50. The first-order valence-corrected chi connectivity index (χ1v) is 9.18. The summed E-state index contributed by atoms with van der Waals surface area (Å²) in [6, 6.07) is 11.4. The van der Waals surface area contributed by atoms with Crippen molar-refractivity contribution in [3.8, 4) is 5.75 Å². The number of thiophene rings is 1. The zero-order valence-corrected chi connectivity index (χ0v) is 14.4. The molecule has 1 saturated carbocycles. The second kappa shape index (κ2) is 6.37. The highest BCUT2D eigenvalue weighted by Crippen LogP contribution is 2.32. The van der Waals surface area contributed by atoms with Crippen molar-refractivity contribution in [2.75, 3.05) is 6.54 Å². The molecular formula is C19H18N2O3S. The number of benzene rings is 1. The fraction of sp³-hybridized carbons (Fsp3) is 0.263. The van der Waals surface area contributed by atoms with Gasteiger partial charge in [-0.2, -0.15) is 0 Å². The molecule has 0 aliphatic heterocycles. The Morgan fingerprint density at radius 3 is 2.72 bits per heavy atom. The highest BCUT2D eigenvalue weighted by atomic mass is 32.1. The van der Waals surface area contributed by atoms with Crippen molar-refractivity contribution in [2.45, 2.75) is 19.4 Å². The van der Waals surface area contributed by atoms with Crippen molar-refractivity contribution >= 4 is 27.5 Å². The lowest BCUT2D eigenvalue weighted by Crippen LogP contribution is -2.34. The predicted octanol–water partition coefficient (Wildman–Crippen LogP) is 2.96. The minimum Gasteiger partial charge on any atom is -0.505 e. The van der Waals surface area contributed by atoms with E-state index in [2.05, 4.69) is 5.32 Å². The van der Waals surface area contributed by atoms with Crippen molar-refractivity contribution in [3.05, 3.63) is 63.3 Å². The largest absolute Gasteiger partial charge is 0.505 e. The van der Waals surface area contributed by atoms with E-state index in [1.165, 1.54) is 11.3 Å². The summed E-state index contributed by atoms with van der Waals surface area (Å²) in [4.78, 5) is 25.5. The zero-order valence-electron chi connectivity index (χ0n) is 13.6. The smallest absolute Gasteiger partial charge is 0.268 e. The average Bonchev–Trinajstić information content (AvgIpc) is 3.32. The van der Waals surface area contributed by atoms with E-state index >= 15 is 0 Å². The van der Waals surface area contributed by atoms with E-state index in [4.69, 9.17) is 0 Å². The summed E-state index contributed by atoms with van der Waals surface area (Å²) in [5.74, 6) is -0.206. The highest BCUT2D eigenvalue weighted by Gasteiger charge is 2.26. The van der Waals surface area contributed by atoms with Gasteiger partial charge in [0.15, 0.2) is 5.75 Å². The summed E-state index contributed by atoms with van der Waals surface area (Å²) < 4.78 is 2.12. The van der Waals surface area contributed by atoms with Gasteiger partial charge >= 0.3 is 0 Å². The summed E-state index contributed by atoms with van der Waals surface area (Å²) >= 11 is 1.33. The first-order valence-electron chi connectivity index (χ1n) is 8.30. The van der Waals surface area contributed by atoms with Crippen molar-refractivity contribution in [3.63, 3.8) is 0 Å². The topological polar surface area (TPSA) is 71.3 Å². The number of nitrogens with one attached hydrogen (secondary N) is 1. The maximum atomic E-state index is 13.0. The van der Waals surface area contributed by atoms with Crippen molar-refractivity contribution in [2.24, 2.45) is 5.92 Å². The van der Waals surface area contributed by atoms with Crippen molar-refractivity contribution in [1.82, 2.24) is 9.88 Å². The molecule has 3 aromatic rings. The van der Waals surface area contributed by atoms with E-state index in [-0.39, 0.29) is 11.3 Å². The normalized spacial score (nSPS) is 13.9. The van der Waals surface area contributed by atoms with Crippen LogP contribution in [0.25, 0.3) is 10.2 Å². The maximum Gasteiger partial charge on any atom is 0.268 e. The molecule has 1 fully saturated rings. The number of aromatic hydroxyl groups is 1. The van der Waals surface area contributed by atoms with Crippen LogP contribution in [0.15, 0.2) is 46.6 Å². The second-order valence-corrected chi connectivity index (χ2v) is 7.30. The van der Waals surface area contributed by atoms with E-state index in [1.807, 2.05) is 35.7 Å². The zero-order chi connectivity index (χ0) is 17.4. The third-order valence-corrected chi connectivity index (χ3v) is 5.42. The summed E-state index contributed by atoms with van der Waals surface area (Å²) in [5.41, 5.74) is 0.995. The fourth-order valence-corrected chi connectivity index (χ4v) is 3.77. The Hall–Kier alpha value is -2.60. The molecule has 0 spiro atoms.